The Bertz CT molecular complexity index is 531. The molecule has 0 saturated carbocycles. The lowest BCUT2D eigenvalue weighted by Crippen LogP contribution is -1.96. The fourth-order valence-corrected chi connectivity index (χ4v) is 2.42. The summed E-state index contributed by atoms with van der Waals surface area (Å²) in [5.41, 5.74) is 0. The van der Waals surface area contributed by atoms with Gasteiger partial charge in [-0.05, 0) is 24.3 Å². The van der Waals surface area contributed by atoms with Gasteiger partial charge in [-0.25, -0.2) is 14.2 Å². The third-order valence-electron chi connectivity index (χ3n) is 1.83. The molecule has 2 aromatic rings. The predicted octanol–water partition coefficient (Wildman–Crippen LogP) is 2.95. The smallest absolute Gasteiger partial charge is 0.137 e. The van der Waals surface area contributed by atoms with E-state index in [9.17, 15) is 4.21 Å². The van der Waals surface area contributed by atoms with Gasteiger partial charge in [-0.2, -0.15) is 0 Å². The fraction of sp³-hybridized carbons (Fsp3) is 0. The Kier molecular flexibility index (Phi) is 3.53. The lowest BCUT2D eigenvalue weighted by molar-refractivity contribution is 0.680. The first-order valence-electron chi connectivity index (χ1n) is 4.32. The van der Waals surface area contributed by atoms with Gasteiger partial charge in [0.1, 0.15) is 27.3 Å². The van der Waals surface area contributed by atoms with Gasteiger partial charge in [0, 0.05) is 16.0 Å². The van der Waals surface area contributed by atoms with Crippen LogP contribution in [0.5, 0.6) is 0 Å². The molecule has 1 aromatic carbocycles. The molecule has 0 saturated heterocycles. The second-order valence-electron chi connectivity index (χ2n) is 2.90. The van der Waals surface area contributed by atoms with Crippen LogP contribution in [0.15, 0.2) is 46.6 Å². The summed E-state index contributed by atoms with van der Waals surface area (Å²) < 4.78 is 12.0. The van der Waals surface area contributed by atoms with Crippen LogP contribution in [0, 0.1) is 0 Å². The summed E-state index contributed by atoms with van der Waals surface area (Å²) in [6.07, 6.45) is 1.28. The van der Waals surface area contributed by atoms with Crippen molar-refractivity contribution in [2.24, 2.45) is 0 Å². The van der Waals surface area contributed by atoms with Crippen molar-refractivity contribution in [1.29, 1.82) is 0 Å². The van der Waals surface area contributed by atoms with Crippen LogP contribution in [0.4, 0.5) is 0 Å². The van der Waals surface area contributed by atoms with Crippen molar-refractivity contribution in [2.45, 2.75) is 9.92 Å². The zero-order valence-electron chi connectivity index (χ0n) is 7.93. The van der Waals surface area contributed by atoms with Crippen LogP contribution in [0.3, 0.4) is 0 Å². The van der Waals surface area contributed by atoms with Crippen LogP contribution in [0.1, 0.15) is 0 Å². The van der Waals surface area contributed by atoms with Crippen molar-refractivity contribution < 1.29 is 4.21 Å². The molecule has 0 amide bonds. The van der Waals surface area contributed by atoms with Crippen molar-refractivity contribution in [3.05, 3.63) is 46.8 Å². The SMILES string of the molecule is O=[S@](c1ccc(Cl)cc1)c1cc(Cl)ncn1. The molecule has 2 rings (SSSR count). The monoisotopic (exact) mass is 272 g/mol. The number of benzene rings is 1. The summed E-state index contributed by atoms with van der Waals surface area (Å²) in [6, 6.07) is 8.21. The van der Waals surface area contributed by atoms with E-state index in [1.807, 2.05) is 0 Å². The molecule has 1 atom stereocenters. The molecule has 0 bridgehead atoms. The van der Waals surface area contributed by atoms with E-state index in [4.69, 9.17) is 23.2 Å². The van der Waals surface area contributed by atoms with Crippen molar-refractivity contribution in [2.75, 3.05) is 0 Å². The molecule has 0 radical (unpaired) electrons. The van der Waals surface area contributed by atoms with E-state index in [0.717, 1.165) is 0 Å². The Morgan fingerprint density at radius 3 is 2.38 bits per heavy atom. The van der Waals surface area contributed by atoms with E-state index in [1.54, 1.807) is 24.3 Å². The molecule has 0 fully saturated rings. The highest BCUT2D eigenvalue weighted by Crippen LogP contribution is 2.18. The summed E-state index contributed by atoms with van der Waals surface area (Å²) in [5, 5.41) is 1.25. The van der Waals surface area contributed by atoms with Gasteiger partial charge in [-0.1, -0.05) is 23.2 Å². The highest BCUT2D eigenvalue weighted by molar-refractivity contribution is 7.85. The molecule has 0 aliphatic heterocycles. The average Bonchev–Trinajstić information content (AvgIpc) is 2.29. The Morgan fingerprint density at radius 1 is 1.06 bits per heavy atom. The highest BCUT2D eigenvalue weighted by Gasteiger charge is 2.09. The van der Waals surface area contributed by atoms with E-state index in [0.29, 0.717) is 14.9 Å². The van der Waals surface area contributed by atoms with Gasteiger partial charge in [0.2, 0.25) is 0 Å². The summed E-state index contributed by atoms with van der Waals surface area (Å²) >= 11 is 11.4. The largest absolute Gasteiger partial charge is 0.247 e. The molecule has 0 unspecified atom stereocenters. The molecule has 0 N–H and O–H groups in total. The topological polar surface area (TPSA) is 42.9 Å². The van der Waals surface area contributed by atoms with Gasteiger partial charge in [0.15, 0.2) is 0 Å². The molecule has 0 aliphatic carbocycles. The molecule has 1 aromatic heterocycles. The summed E-state index contributed by atoms with van der Waals surface area (Å²) in [7, 11) is -1.36. The van der Waals surface area contributed by atoms with Crippen LogP contribution in [0.2, 0.25) is 10.2 Å². The lowest BCUT2D eigenvalue weighted by Gasteiger charge is -2.01. The second-order valence-corrected chi connectivity index (χ2v) is 5.15. The number of aromatic nitrogens is 2. The minimum absolute atomic E-state index is 0.271. The van der Waals surface area contributed by atoms with Gasteiger partial charge in [0.05, 0.1) is 0 Å². The number of halogens is 2. The van der Waals surface area contributed by atoms with Crippen LogP contribution >= 0.6 is 23.2 Å². The molecule has 3 nitrogen and oxygen atoms in total. The Hall–Kier alpha value is -0.970. The second kappa shape index (κ2) is 4.91. The third kappa shape index (κ3) is 2.58. The fourth-order valence-electron chi connectivity index (χ4n) is 1.10. The van der Waals surface area contributed by atoms with Crippen LogP contribution in [-0.4, -0.2) is 14.2 Å². The maximum atomic E-state index is 12.0. The zero-order valence-corrected chi connectivity index (χ0v) is 10.3. The van der Waals surface area contributed by atoms with E-state index < -0.39 is 10.8 Å². The summed E-state index contributed by atoms with van der Waals surface area (Å²) in [4.78, 5) is 8.26. The molecular formula is C10H6Cl2N2OS. The molecule has 1 heterocycles. The minimum atomic E-state index is -1.36. The summed E-state index contributed by atoms with van der Waals surface area (Å²) in [5.74, 6) is 0. The van der Waals surface area contributed by atoms with E-state index >= 15 is 0 Å². The predicted molar refractivity (Wildman–Crippen MR) is 63.2 cm³/mol. The average molecular weight is 273 g/mol. The Morgan fingerprint density at radius 2 is 1.75 bits per heavy atom. The normalized spacial score (nSPS) is 12.4. The van der Waals surface area contributed by atoms with Crippen molar-refractivity contribution in [3.63, 3.8) is 0 Å². The van der Waals surface area contributed by atoms with Gasteiger partial charge in [-0.3, -0.25) is 0 Å². The minimum Gasteiger partial charge on any atom is -0.247 e. The molecule has 0 aliphatic rings. The van der Waals surface area contributed by atoms with E-state index in [1.165, 1.54) is 12.4 Å². The third-order valence-corrected chi connectivity index (χ3v) is 3.59. The first-order chi connectivity index (χ1) is 7.66. The number of nitrogens with zero attached hydrogens (tertiary/aromatic N) is 2. The van der Waals surface area contributed by atoms with Crippen LogP contribution in [-0.2, 0) is 10.8 Å². The first-order valence-corrected chi connectivity index (χ1v) is 6.22. The number of hydrogen-bond acceptors (Lipinski definition) is 3. The molecule has 82 valence electrons. The van der Waals surface area contributed by atoms with Gasteiger partial charge < -0.3 is 0 Å². The quantitative estimate of drug-likeness (QED) is 0.790. The van der Waals surface area contributed by atoms with Gasteiger partial charge >= 0.3 is 0 Å². The van der Waals surface area contributed by atoms with Gasteiger partial charge in [-0.15, -0.1) is 0 Å². The standard InChI is InChI=1S/C10H6Cl2N2OS/c11-7-1-3-8(4-2-7)16(15)10-5-9(12)13-6-14-10/h1-6H/t16-/m1/s1. The number of rotatable bonds is 2. The van der Waals surface area contributed by atoms with E-state index in [2.05, 4.69) is 9.97 Å². The molecule has 16 heavy (non-hydrogen) atoms. The summed E-state index contributed by atoms with van der Waals surface area (Å²) in [6.45, 7) is 0. The van der Waals surface area contributed by atoms with Crippen molar-refractivity contribution in [3.8, 4) is 0 Å². The van der Waals surface area contributed by atoms with E-state index in [-0.39, 0.29) is 5.15 Å². The maximum absolute atomic E-state index is 12.0. The highest BCUT2D eigenvalue weighted by atomic mass is 35.5. The maximum Gasteiger partial charge on any atom is 0.137 e. The van der Waals surface area contributed by atoms with Crippen molar-refractivity contribution >= 4 is 34.0 Å². The zero-order chi connectivity index (χ0) is 11.5. The molecule has 6 heteroatoms. The van der Waals surface area contributed by atoms with Crippen LogP contribution < -0.4 is 0 Å². The van der Waals surface area contributed by atoms with Crippen molar-refractivity contribution in [1.82, 2.24) is 9.97 Å². The number of hydrogen-bond donors (Lipinski definition) is 0. The van der Waals surface area contributed by atoms with Crippen LogP contribution in [0.25, 0.3) is 0 Å². The Labute approximate surface area is 105 Å². The Balaban J connectivity index is 2.35. The first kappa shape index (κ1) is 11.5. The van der Waals surface area contributed by atoms with Gasteiger partial charge in [0.25, 0.3) is 0 Å². The molecule has 0 spiro atoms. The lowest BCUT2D eigenvalue weighted by atomic mass is 10.4. The molecular weight excluding hydrogens is 267 g/mol.